The number of hydrogen-bond acceptors (Lipinski definition) is 4. The van der Waals surface area contributed by atoms with Crippen LogP contribution in [0.4, 0.5) is 0 Å². The maximum atomic E-state index is 11.1. The van der Waals surface area contributed by atoms with E-state index in [1.165, 1.54) is 6.08 Å². The van der Waals surface area contributed by atoms with E-state index in [1.807, 2.05) is 0 Å². The average molecular weight is 214 g/mol. The van der Waals surface area contributed by atoms with Crippen LogP contribution in [0.5, 0.6) is 0 Å². The van der Waals surface area contributed by atoms with E-state index in [2.05, 4.69) is 13.5 Å². The van der Waals surface area contributed by atoms with Gasteiger partial charge in [-0.1, -0.05) is 19.4 Å². The SMILES string of the molecule is C=CCC(=O)OC1COC(CCC)OC1. The molecule has 0 N–H and O–H groups in total. The van der Waals surface area contributed by atoms with Gasteiger partial charge in [0.25, 0.3) is 0 Å². The molecule has 1 aliphatic heterocycles. The molecule has 0 spiro atoms. The first-order chi connectivity index (χ1) is 7.26. The van der Waals surface area contributed by atoms with Crippen molar-refractivity contribution in [1.29, 1.82) is 0 Å². The Morgan fingerprint density at radius 2 is 2.20 bits per heavy atom. The highest BCUT2D eigenvalue weighted by atomic mass is 16.7. The summed E-state index contributed by atoms with van der Waals surface area (Å²) in [5.41, 5.74) is 0. The summed E-state index contributed by atoms with van der Waals surface area (Å²) in [4.78, 5) is 11.1. The molecule has 86 valence electrons. The quantitative estimate of drug-likeness (QED) is 0.515. The zero-order valence-corrected chi connectivity index (χ0v) is 9.11. The molecule has 0 atom stereocenters. The Labute approximate surface area is 90.2 Å². The molecule has 0 radical (unpaired) electrons. The van der Waals surface area contributed by atoms with Gasteiger partial charge in [-0.15, -0.1) is 6.58 Å². The third-order valence-corrected chi connectivity index (χ3v) is 2.07. The minimum atomic E-state index is -0.281. The lowest BCUT2D eigenvalue weighted by molar-refractivity contribution is -0.227. The molecule has 0 saturated carbocycles. The maximum Gasteiger partial charge on any atom is 0.310 e. The number of carbonyl (C=O) groups is 1. The Kier molecular flexibility index (Phi) is 5.36. The molecular formula is C11H18O4. The Balaban J connectivity index is 2.19. The highest BCUT2D eigenvalue weighted by Crippen LogP contribution is 2.13. The number of esters is 1. The van der Waals surface area contributed by atoms with E-state index in [-0.39, 0.29) is 24.8 Å². The minimum Gasteiger partial charge on any atom is -0.457 e. The van der Waals surface area contributed by atoms with Crippen LogP contribution < -0.4 is 0 Å². The first kappa shape index (κ1) is 12.2. The van der Waals surface area contributed by atoms with Crippen LogP contribution in [0.2, 0.25) is 0 Å². The summed E-state index contributed by atoms with van der Waals surface area (Å²) in [5.74, 6) is -0.281. The molecule has 1 aliphatic rings. The first-order valence-electron chi connectivity index (χ1n) is 5.29. The zero-order chi connectivity index (χ0) is 11.1. The highest BCUT2D eigenvalue weighted by Gasteiger charge is 2.23. The molecule has 0 aromatic heterocycles. The molecule has 0 amide bonds. The van der Waals surface area contributed by atoms with Gasteiger partial charge in [-0.05, 0) is 6.42 Å². The van der Waals surface area contributed by atoms with Gasteiger partial charge in [0.1, 0.15) is 6.10 Å². The topological polar surface area (TPSA) is 44.8 Å². The van der Waals surface area contributed by atoms with Crippen LogP contribution >= 0.6 is 0 Å². The molecule has 1 heterocycles. The molecule has 1 fully saturated rings. The molecular weight excluding hydrogens is 196 g/mol. The standard InChI is InChI=1S/C11H18O4/c1-3-5-10(12)15-9-7-13-11(6-4-2)14-8-9/h3,9,11H,1,4-8H2,2H3. The van der Waals surface area contributed by atoms with Gasteiger partial charge in [0.2, 0.25) is 0 Å². The Morgan fingerprint density at radius 1 is 1.53 bits per heavy atom. The lowest BCUT2D eigenvalue weighted by Crippen LogP contribution is -2.38. The van der Waals surface area contributed by atoms with E-state index in [1.54, 1.807) is 0 Å². The molecule has 15 heavy (non-hydrogen) atoms. The van der Waals surface area contributed by atoms with E-state index in [9.17, 15) is 4.79 Å². The van der Waals surface area contributed by atoms with Gasteiger partial charge in [0.05, 0.1) is 19.6 Å². The van der Waals surface area contributed by atoms with Crippen molar-refractivity contribution in [3.8, 4) is 0 Å². The van der Waals surface area contributed by atoms with E-state index in [0.717, 1.165) is 12.8 Å². The molecule has 1 rings (SSSR count). The predicted molar refractivity (Wildman–Crippen MR) is 55.3 cm³/mol. The molecule has 4 nitrogen and oxygen atoms in total. The molecule has 4 heteroatoms. The van der Waals surface area contributed by atoms with Crippen molar-refractivity contribution in [3.63, 3.8) is 0 Å². The van der Waals surface area contributed by atoms with E-state index < -0.39 is 0 Å². The molecule has 0 unspecified atom stereocenters. The van der Waals surface area contributed by atoms with E-state index >= 15 is 0 Å². The largest absolute Gasteiger partial charge is 0.457 e. The zero-order valence-electron chi connectivity index (χ0n) is 9.11. The predicted octanol–water partition coefficient (Wildman–Crippen LogP) is 1.65. The molecule has 1 saturated heterocycles. The number of hydrogen-bond donors (Lipinski definition) is 0. The monoisotopic (exact) mass is 214 g/mol. The molecule has 0 bridgehead atoms. The molecule has 0 aromatic carbocycles. The van der Waals surface area contributed by atoms with Gasteiger partial charge >= 0.3 is 5.97 Å². The number of carbonyl (C=O) groups excluding carboxylic acids is 1. The number of rotatable bonds is 5. The minimum absolute atomic E-state index is 0.135. The van der Waals surface area contributed by atoms with Crippen molar-refractivity contribution in [3.05, 3.63) is 12.7 Å². The van der Waals surface area contributed by atoms with Crippen molar-refractivity contribution >= 4 is 5.97 Å². The van der Waals surface area contributed by atoms with Crippen molar-refractivity contribution in [2.45, 2.75) is 38.6 Å². The van der Waals surface area contributed by atoms with Crippen LogP contribution in [0.3, 0.4) is 0 Å². The lowest BCUT2D eigenvalue weighted by atomic mass is 10.3. The smallest absolute Gasteiger partial charge is 0.310 e. The van der Waals surface area contributed by atoms with E-state index in [4.69, 9.17) is 14.2 Å². The normalized spacial score (nSPS) is 25.9. The second-order valence-electron chi connectivity index (χ2n) is 3.49. The molecule has 0 aliphatic carbocycles. The summed E-state index contributed by atoms with van der Waals surface area (Å²) >= 11 is 0. The highest BCUT2D eigenvalue weighted by molar-refractivity contribution is 5.71. The van der Waals surface area contributed by atoms with E-state index in [0.29, 0.717) is 13.2 Å². The Morgan fingerprint density at radius 3 is 2.73 bits per heavy atom. The van der Waals surface area contributed by atoms with Crippen LogP contribution in [0.1, 0.15) is 26.2 Å². The van der Waals surface area contributed by atoms with Gasteiger partial charge in [-0.25, -0.2) is 0 Å². The third-order valence-electron chi connectivity index (χ3n) is 2.07. The first-order valence-corrected chi connectivity index (χ1v) is 5.29. The van der Waals surface area contributed by atoms with Crippen LogP contribution in [0, 0.1) is 0 Å². The Hall–Kier alpha value is -0.870. The van der Waals surface area contributed by atoms with Gasteiger partial charge < -0.3 is 14.2 Å². The average Bonchev–Trinajstić information content (AvgIpc) is 2.22. The van der Waals surface area contributed by atoms with Gasteiger partial charge in [0, 0.05) is 0 Å². The fourth-order valence-corrected chi connectivity index (χ4v) is 1.35. The maximum absolute atomic E-state index is 11.1. The second-order valence-corrected chi connectivity index (χ2v) is 3.49. The summed E-state index contributed by atoms with van der Waals surface area (Å²) in [5, 5.41) is 0. The summed E-state index contributed by atoms with van der Waals surface area (Å²) in [6, 6.07) is 0. The summed E-state index contributed by atoms with van der Waals surface area (Å²) in [6.07, 6.45) is 3.25. The summed E-state index contributed by atoms with van der Waals surface area (Å²) < 4.78 is 15.9. The van der Waals surface area contributed by atoms with Gasteiger partial charge in [-0.3, -0.25) is 4.79 Å². The van der Waals surface area contributed by atoms with Crippen molar-refractivity contribution < 1.29 is 19.0 Å². The second kappa shape index (κ2) is 6.58. The van der Waals surface area contributed by atoms with Crippen LogP contribution in [0.25, 0.3) is 0 Å². The molecule has 0 aromatic rings. The van der Waals surface area contributed by atoms with Gasteiger partial charge in [0.15, 0.2) is 6.29 Å². The fourth-order valence-electron chi connectivity index (χ4n) is 1.35. The number of ether oxygens (including phenoxy) is 3. The summed E-state index contributed by atoms with van der Waals surface area (Å²) in [6.45, 7) is 6.39. The van der Waals surface area contributed by atoms with Crippen LogP contribution in [-0.2, 0) is 19.0 Å². The fraction of sp³-hybridized carbons (Fsp3) is 0.727. The lowest BCUT2D eigenvalue weighted by Gasteiger charge is -2.28. The third kappa shape index (κ3) is 4.44. The van der Waals surface area contributed by atoms with Crippen LogP contribution in [0.15, 0.2) is 12.7 Å². The van der Waals surface area contributed by atoms with Crippen molar-refractivity contribution in [2.75, 3.05) is 13.2 Å². The van der Waals surface area contributed by atoms with Crippen molar-refractivity contribution in [1.82, 2.24) is 0 Å². The van der Waals surface area contributed by atoms with Gasteiger partial charge in [-0.2, -0.15) is 0 Å². The van der Waals surface area contributed by atoms with Crippen LogP contribution in [-0.4, -0.2) is 31.6 Å². The summed E-state index contributed by atoms with van der Waals surface area (Å²) in [7, 11) is 0. The van der Waals surface area contributed by atoms with Crippen molar-refractivity contribution in [2.24, 2.45) is 0 Å². The Bertz CT molecular complexity index is 207.